The quantitative estimate of drug-likeness (QED) is 0.372. The zero-order valence-electron chi connectivity index (χ0n) is 8.92. The highest BCUT2D eigenvalue weighted by molar-refractivity contribution is 4.35. The minimum absolute atomic E-state index is 0. The Balaban J connectivity index is 0. The molecule has 0 aliphatic rings. The molecule has 0 fully saturated rings. The minimum Gasteiger partial charge on any atom is -1.00 e. The molecular weight excluding hydrogens is 190 g/mol. The van der Waals surface area contributed by atoms with Crippen LogP contribution >= 0.6 is 0 Å². The molecule has 0 rings (SSSR count). The van der Waals surface area contributed by atoms with Crippen LogP contribution in [-0.4, -0.2) is 57.1 Å². The lowest BCUT2D eigenvalue weighted by atomic mass is 10.4. The van der Waals surface area contributed by atoms with Gasteiger partial charge in [0.05, 0.1) is 34.3 Å². The Kier molecular flexibility index (Phi) is 10.5. The summed E-state index contributed by atoms with van der Waals surface area (Å²) < 4.78 is 6.29. The van der Waals surface area contributed by atoms with Gasteiger partial charge in [-0.3, -0.25) is 0 Å². The molecule has 0 unspecified atom stereocenters. The van der Waals surface area contributed by atoms with E-state index >= 15 is 0 Å². The van der Waals surface area contributed by atoms with Crippen LogP contribution in [0.1, 0.15) is 12.8 Å². The summed E-state index contributed by atoms with van der Waals surface area (Å²) in [5, 5.41) is 8.47. The maximum Gasteiger partial charge on any atom is 0.0802 e. The van der Waals surface area contributed by atoms with Crippen molar-refractivity contribution < 1.29 is 26.7 Å². The van der Waals surface area contributed by atoms with Crippen LogP contribution in [0.2, 0.25) is 0 Å². The van der Waals surface area contributed by atoms with E-state index in [-0.39, 0.29) is 19.0 Å². The second-order valence-electron chi connectivity index (χ2n) is 4.06. The Bertz CT molecular complexity index is 104. The van der Waals surface area contributed by atoms with Crippen molar-refractivity contribution >= 4 is 0 Å². The fourth-order valence-corrected chi connectivity index (χ4v) is 0.910. The third-order valence-electron chi connectivity index (χ3n) is 1.56. The second-order valence-corrected chi connectivity index (χ2v) is 4.06. The van der Waals surface area contributed by atoms with Gasteiger partial charge in [0.1, 0.15) is 0 Å². The van der Waals surface area contributed by atoms with E-state index in [2.05, 4.69) is 21.1 Å². The molecule has 0 aromatic rings. The lowest BCUT2D eigenvalue weighted by Crippen LogP contribution is -3.00. The van der Waals surface area contributed by atoms with Gasteiger partial charge >= 0.3 is 0 Å². The van der Waals surface area contributed by atoms with E-state index < -0.39 is 0 Å². The van der Waals surface area contributed by atoms with Crippen molar-refractivity contribution in [2.45, 2.75) is 12.8 Å². The topological polar surface area (TPSA) is 29.5 Å². The monoisotopic (exact) mass is 211 g/mol. The first-order valence-corrected chi connectivity index (χ1v) is 4.55. The zero-order valence-corrected chi connectivity index (χ0v) is 9.68. The molecule has 0 amide bonds. The number of quaternary nitrogens is 1. The molecule has 0 aromatic heterocycles. The molecule has 0 aromatic carbocycles. The third-order valence-corrected chi connectivity index (χ3v) is 1.56. The average Bonchev–Trinajstić information content (AvgIpc) is 1.94. The Morgan fingerprint density at radius 2 is 1.62 bits per heavy atom. The van der Waals surface area contributed by atoms with Crippen molar-refractivity contribution in [2.75, 3.05) is 47.5 Å². The Morgan fingerprint density at radius 1 is 1.08 bits per heavy atom. The Hall–Kier alpha value is 0.170. The lowest BCUT2D eigenvalue weighted by Gasteiger charge is -2.23. The second kappa shape index (κ2) is 8.75. The average molecular weight is 212 g/mol. The van der Waals surface area contributed by atoms with Gasteiger partial charge in [-0.05, 0) is 6.42 Å². The van der Waals surface area contributed by atoms with E-state index in [9.17, 15) is 0 Å². The molecular formula is C9H22ClNO2. The number of ether oxygens (including phenoxy) is 1. The first-order chi connectivity index (χ1) is 5.56. The van der Waals surface area contributed by atoms with Crippen molar-refractivity contribution in [1.29, 1.82) is 0 Å². The molecule has 4 heteroatoms. The van der Waals surface area contributed by atoms with Crippen LogP contribution in [0.15, 0.2) is 0 Å². The fourth-order valence-electron chi connectivity index (χ4n) is 0.910. The van der Waals surface area contributed by atoms with Crippen LogP contribution in [0, 0.1) is 0 Å². The molecule has 0 spiro atoms. The van der Waals surface area contributed by atoms with E-state index in [0.717, 1.165) is 30.5 Å². The summed E-state index contributed by atoms with van der Waals surface area (Å²) in [6.07, 6.45) is 1.85. The van der Waals surface area contributed by atoms with Crippen molar-refractivity contribution in [1.82, 2.24) is 0 Å². The van der Waals surface area contributed by atoms with Gasteiger partial charge < -0.3 is 26.7 Å². The maximum atomic E-state index is 8.47. The van der Waals surface area contributed by atoms with Crippen LogP contribution in [-0.2, 0) is 4.74 Å². The number of aliphatic hydroxyl groups is 1. The molecule has 0 saturated carbocycles. The highest BCUT2D eigenvalue weighted by Gasteiger charge is 2.04. The van der Waals surface area contributed by atoms with Gasteiger partial charge in [-0.15, -0.1) is 0 Å². The van der Waals surface area contributed by atoms with Gasteiger partial charge in [0.25, 0.3) is 0 Å². The molecule has 0 aliphatic heterocycles. The smallest absolute Gasteiger partial charge is 0.0802 e. The van der Waals surface area contributed by atoms with E-state index in [1.165, 1.54) is 0 Å². The van der Waals surface area contributed by atoms with E-state index in [1.807, 2.05) is 0 Å². The van der Waals surface area contributed by atoms with Gasteiger partial charge in [-0.1, -0.05) is 0 Å². The summed E-state index contributed by atoms with van der Waals surface area (Å²) >= 11 is 0. The number of hydrogen-bond acceptors (Lipinski definition) is 2. The van der Waals surface area contributed by atoms with E-state index in [0.29, 0.717) is 6.61 Å². The van der Waals surface area contributed by atoms with Gasteiger partial charge in [0, 0.05) is 19.6 Å². The van der Waals surface area contributed by atoms with Gasteiger partial charge in [-0.2, -0.15) is 0 Å². The first-order valence-electron chi connectivity index (χ1n) is 4.55. The SMILES string of the molecule is C[N+](C)(C)CCCOCCCO.[Cl-]. The van der Waals surface area contributed by atoms with Gasteiger partial charge in [0.15, 0.2) is 0 Å². The number of halogens is 1. The number of nitrogens with zero attached hydrogens (tertiary/aromatic N) is 1. The number of hydrogen-bond donors (Lipinski definition) is 1. The molecule has 0 bridgehead atoms. The largest absolute Gasteiger partial charge is 1.00 e. The normalized spacial score (nSPS) is 11.1. The maximum absolute atomic E-state index is 8.47. The van der Waals surface area contributed by atoms with Gasteiger partial charge in [-0.25, -0.2) is 0 Å². The van der Waals surface area contributed by atoms with Crippen LogP contribution in [0.5, 0.6) is 0 Å². The summed E-state index contributed by atoms with van der Waals surface area (Å²) in [6.45, 7) is 2.87. The van der Waals surface area contributed by atoms with E-state index in [4.69, 9.17) is 9.84 Å². The Morgan fingerprint density at radius 3 is 2.08 bits per heavy atom. The third kappa shape index (κ3) is 15.0. The van der Waals surface area contributed by atoms with Crippen molar-refractivity contribution in [2.24, 2.45) is 0 Å². The zero-order chi connectivity index (χ0) is 9.45. The first kappa shape index (κ1) is 15.6. The van der Waals surface area contributed by atoms with Crippen LogP contribution in [0.3, 0.4) is 0 Å². The van der Waals surface area contributed by atoms with Crippen molar-refractivity contribution in [3.8, 4) is 0 Å². The predicted octanol–water partition coefficient (Wildman–Crippen LogP) is -2.51. The predicted molar refractivity (Wildman–Crippen MR) is 50.0 cm³/mol. The molecule has 0 atom stereocenters. The summed E-state index contributed by atoms with van der Waals surface area (Å²) in [4.78, 5) is 0. The molecule has 1 N–H and O–H groups in total. The molecule has 13 heavy (non-hydrogen) atoms. The molecule has 3 nitrogen and oxygen atoms in total. The standard InChI is InChI=1S/C9H22NO2.ClH/c1-10(2,3)6-4-8-12-9-5-7-11;/h11H,4-9H2,1-3H3;1H/q+1;/p-1. The summed E-state index contributed by atoms with van der Waals surface area (Å²) in [5.41, 5.74) is 0. The molecule has 0 saturated heterocycles. The van der Waals surface area contributed by atoms with Crippen molar-refractivity contribution in [3.05, 3.63) is 0 Å². The summed E-state index contributed by atoms with van der Waals surface area (Å²) in [5.74, 6) is 0. The number of aliphatic hydroxyl groups excluding tert-OH is 1. The highest BCUT2D eigenvalue weighted by atomic mass is 35.5. The summed E-state index contributed by atoms with van der Waals surface area (Å²) in [6, 6.07) is 0. The highest BCUT2D eigenvalue weighted by Crippen LogP contribution is 1.94. The fraction of sp³-hybridized carbons (Fsp3) is 1.00. The minimum atomic E-state index is 0. The number of rotatable bonds is 7. The van der Waals surface area contributed by atoms with Crippen LogP contribution in [0.4, 0.5) is 0 Å². The van der Waals surface area contributed by atoms with E-state index in [1.54, 1.807) is 0 Å². The van der Waals surface area contributed by atoms with Crippen LogP contribution < -0.4 is 12.4 Å². The molecule has 82 valence electrons. The summed E-state index contributed by atoms with van der Waals surface area (Å²) in [7, 11) is 6.52. The Labute approximate surface area is 87.7 Å². The molecule has 0 radical (unpaired) electrons. The molecule has 0 heterocycles. The van der Waals surface area contributed by atoms with Gasteiger partial charge in [0.2, 0.25) is 0 Å². The van der Waals surface area contributed by atoms with Crippen molar-refractivity contribution in [3.63, 3.8) is 0 Å². The molecule has 0 aliphatic carbocycles. The lowest BCUT2D eigenvalue weighted by molar-refractivity contribution is -0.870. The van der Waals surface area contributed by atoms with Crippen LogP contribution in [0.25, 0.3) is 0 Å².